The van der Waals surface area contributed by atoms with Crippen molar-refractivity contribution < 1.29 is 9.21 Å². The number of carbonyl (C=O) groups excluding carboxylic acids is 1. The van der Waals surface area contributed by atoms with Crippen LogP contribution in [0.3, 0.4) is 0 Å². The molecule has 0 aliphatic heterocycles. The standard InChI is InChI=1S/C13H12N4O2S/c18-12(14-7-9-5-6-15-17-9)8-20-13-16-10-3-1-2-4-11(10)19-13/h1-6H,7-8H2,(H,14,18)(H,15,17). The second kappa shape index (κ2) is 5.79. The third kappa shape index (κ3) is 3.00. The van der Waals surface area contributed by atoms with Crippen LogP contribution in [0.15, 0.2) is 46.2 Å². The number of para-hydroxylation sites is 2. The maximum absolute atomic E-state index is 11.7. The first-order valence-electron chi connectivity index (χ1n) is 6.04. The molecular weight excluding hydrogens is 276 g/mol. The summed E-state index contributed by atoms with van der Waals surface area (Å²) in [5.41, 5.74) is 2.39. The van der Waals surface area contributed by atoms with E-state index in [4.69, 9.17) is 4.42 Å². The van der Waals surface area contributed by atoms with E-state index in [2.05, 4.69) is 20.5 Å². The Balaban J connectivity index is 1.52. The van der Waals surface area contributed by atoms with E-state index in [-0.39, 0.29) is 11.7 Å². The van der Waals surface area contributed by atoms with Crippen LogP contribution >= 0.6 is 11.8 Å². The van der Waals surface area contributed by atoms with Crippen molar-refractivity contribution >= 4 is 28.8 Å². The minimum Gasteiger partial charge on any atom is -0.431 e. The molecule has 3 rings (SSSR count). The quantitative estimate of drug-likeness (QED) is 0.701. The molecule has 0 saturated heterocycles. The van der Waals surface area contributed by atoms with Crippen molar-refractivity contribution in [2.45, 2.75) is 11.8 Å². The van der Waals surface area contributed by atoms with E-state index >= 15 is 0 Å². The molecule has 1 amide bonds. The summed E-state index contributed by atoms with van der Waals surface area (Å²) in [6, 6.07) is 9.33. The molecular formula is C13H12N4O2S. The van der Waals surface area contributed by atoms with E-state index < -0.39 is 0 Å². The first-order valence-corrected chi connectivity index (χ1v) is 7.03. The van der Waals surface area contributed by atoms with Crippen LogP contribution in [0.5, 0.6) is 0 Å². The molecule has 6 nitrogen and oxygen atoms in total. The highest BCUT2D eigenvalue weighted by molar-refractivity contribution is 7.99. The van der Waals surface area contributed by atoms with Gasteiger partial charge in [0.05, 0.1) is 18.0 Å². The molecule has 102 valence electrons. The van der Waals surface area contributed by atoms with Crippen LogP contribution < -0.4 is 5.32 Å². The van der Waals surface area contributed by atoms with Crippen molar-refractivity contribution in [2.75, 3.05) is 5.75 Å². The van der Waals surface area contributed by atoms with Crippen molar-refractivity contribution in [3.8, 4) is 0 Å². The van der Waals surface area contributed by atoms with Crippen LogP contribution in [0, 0.1) is 0 Å². The maximum Gasteiger partial charge on any atom is 0.257 e. The largest absolute Gasteiger partial charge is 0.431 e. The van der Waals surface area contributed by atoms with Gasteiger partial charge in [-0.3, -0.25) is 9.89 Å². The molecule has 7 heteroatoms. The summed E-state index contributed by atoms with van der Waals surface area (Å²) in [5.74, 6) is 0.188. The molecule has 0 spiro atoms. The number of aromatic nitrogens is 3. The summed E-state index contributed by atoms with van der Waals surface area (Å²) in [6.45, 7) is 0.437. The molecule has 0 saturated carbocycles. The topological polar surface area (TPSA) is 83.8 Å². The van der Waals surface area contributed by atoms with E-state index in [0.717, 1.165) is 16.8 Å². The summed E-state index contributed by atoms with van der Waals surface area (Å²) < 4.78 is 5.52. The fourth-order valence-corrected chi connectivity index (χ4v) is 2.34. The number of fused-ring (bicyclic) bond motifs is 1. The first-order chi connectivity index (χ1) is 9.81. The van der Waals surface area contributed by atoms with Gasteiger partial charge in [-0.25, -0.2) is 4.98 Å². The number of nitrogens with zero attached hydrogens (tertiary/aromatic N) is 2. The molecule has 0 aliphatic carbocycles. The zero-order chi connectivity index (χ0) is 13.8. The number of benzene rings is 1. The lowest BCUT2D eigenvalue weighted by atomic mass is 10.3. The number of nitrogens with one attached hydrogen (secondary N) is 2. The van der Waals surface area contributed by atoms with Crippen molar-refractivity contribution in [1.29, 1.82) is 0 Å². The van der Waals surface area contributed by atoms with Crippen LogP contribution in [-0.4, -0.2) is 26.8 Å². The second-order valence-corrected chi connectivity index (χ2v) is 5.02. The molecule has 0 bridgehead atoms. The van der Waals surface area contributed by atoms with Crippen LogP contribution in [0.2, 0.25) is 0 Å². The molecule has 2 heterocycles. The Labute approximate surface area is 119 Å². The molecule has 0 radical (unpaired) electrons. The predicted molar refractivity (Wildman–Crippen MR) is 75.2 cm³/mol. The summed E-state index contributed by atoms with van der Waals surface area (Å²) in [7, 11) is 0. The van der Waals surface area contributed by atoms with Gasteiger partial charge in [0.25, 0.3) is 5.22 Å². The van der Waals surface area contributed by atoms with E-state index in [1.54, 1.807) is 6.20 Å². The third-order valence-corrected chi connectivity index (χ3v) is 3.46. The highest BCUT2D eigenvalue weighted by atomic mass is 32.2. The normalized spacial score (nSPS) is 10.8. The van der Waals surface area contributed by atoms with Crippen LogP contribution in [-0.2, 0) is 11.3 Å². The summed E-state index contributed by atoms with van der Waals surface area (Å²) in [6.07, 6.45) is 1.65. The van der Waals surface area contributed by atoms with Gasteiger partial charge in [-0.05, 0) is 18.2 Å². The average Bonchev–Trinajstić information content (AvgIpc) is 3.11. The number of carbonyl (C=O) groups is 1. The van der Waals surface area contributed by atoms with Crippen molar-refractivity contribution in [2.24, 2.45) is 0 Å². The smallest absolute Gasteiger partial charge is 0.257 e. The van der Waals surface area contributed by atoms with Crippen LogP contribution in [0.4, 0.5) is 0 Å². The fourth-order valence-electron chi connectivity index (χ4n) is 1.67. The van der Waals surface area contributed by atoms with E-state index in [9.17, 15) is 4.79 Å². The molecule has 20 heavy (non-hydrogen) atoms. The van der Waals surface area contributed by atoms with E-state index in [1.165, 1.54) is 11.8 Å². The number of rotatable bonds is 5. The lowest BCUT2D eigenvalue weighted by Gasteiger charge is -2.01. The van der Waals surface area contributed by atoms with Gasteiger partial charge >= 0.3 is 0 Å². The van der Waals surface area contributed by atoms with Crippen LogP contribution in [0.25, 0.3) is 11.1 Å². The molecule has 0 atom stereocenters. The number of hydrogen-bond acceptors (Lipinski definition) is 5. The van der Waals surface area contributed by atoms with E-state index in [0.29, 0.717) is 11.8 Å². The third-order valence-electron chi connectivity index (χ3n) is 2.64. The first kappa shape index (κ1) is 12.7. The average molecular weight is 288 g/mol. The molecule has 0 unspecified atom stereocenters. The minimum absolute atomic E-state index is 0.0770. The Morgan fingerprint density at radius 3 is 3.05 bits per heavy atom. The summed E-state index contributed by atoms with van der Waals surface area (Å²) >= 11 is 1.28. The number of aromatic amines is 1. The Morgan fingerprint density at radius 2 is 2.25 bits per heavy atom. The highest BCUT2D eigenvalue weighted by Gasteiger charge is 2.08. The SMILES string of the molecule is O=C(CSc1nc2ccccc2o1)NCc1ccn[nH]1. The van der Waals surface area contributed by atoms with Gasteiger partial charge < -0.3 is 9.73 Å². The molecule has 0 aliphatic rings. The van der Waals surface area contributed by atoms with Crippen molar-refractivity contribution in [3.63, 3.8) is 0 Å². The van der Waals surface area contributed by atoms with Gasteiger partial charge in [0, 0.05) is 6.20 Å². The van der Waals surface area contributed by atoms with Gasteiger partial charge in [0.15, 0.2) is 5.58 Å². The number of oxazole rings is 1. The van der Waals surface area contributed by atoms with Crippen molar-refractivity contribution in [3.05, 3.63) is 42.2 Å². The zero-order valence-corrected chi connectivity index (χ0v) is 11.3. The summed E-state index contributed by atoms with van der Waals surface area (Å²) in [4.78, 5) is 16.0. The van der Waals surface area contributed by atoms with Crippen molar-refractivity contribution in [1.82, 2.24) is 20.5 Å². The Bertz CT molecular complexity index is 675. The van der Waals surface area contributed by atoms with Gasteiger partial charge in [0.2, 0.25) is 5.91 Å². The minimum atomic E-state index is -0.0770. The Morgan fingerprint density at radius 1 is 1.35 bits per heavy atom. The fraction of sp³-hybridized carbons (Fsp3) is 0.154. The molecule has 3 aromatic rings. The van der Waals surface area contributed by atoms with Crippen LogP contribution in [0.1, 0.15) is 5.69 Å². The number of thioether (sulfide) groups is 1. The summed E-state index contributed by atoms with van der Waals surface area (Å²) in [5, 5.41) is 9.88. The second-order valence-electron chi connectivity index (χ2n) is 4.09. The number of H-pyrrole nitrogens is 1. The Hall–Kier alpha value is -2.28. The molecule has 2 aromatic heterocycles. The zero-order valence-electron chi connectivity index (χ0n) is 10.5. The lowest BCUT2D eigenvalue weighted by Crippen LogP contribution is -2.24. The maximum atomic E-state index is 11.7. The highest BCUT2D eigenvalue weighted by Crippen LogP contribution is 2.22. The van der Waals surface area contributed by atoms with E-state index in [1.807, 2.05) is 30.3 Å². The number of amides is 1. The van der Waals surface area contributed by atoms with Gasteiger partial charge in [-0.2, -0.15) is 5.10 Å². The monoisotopic (exact) mass is 288 g/mol. The number of hydrogen-bond donors (Lipinski definition) is 2. The Kier molecular flexibility index (Phi) is 3.69. The molecule has 0 fully saturated rings. The van der Waals surface area contributed by atoms with Gasteiger partial charge in [0.1, 0.15) is 5.52 Å². The molecule has 2 N–H and O–H groups in total. The van der Waals surface area contributed by atoms with Gasteiger partial charge in [-0.1, -0.05) is 23.9 Å². The lowest BCUT2D eigenvalue weighted by molar-refractivity contribution is -0.118. The van der Waals surface area contributed by atoms with Gasteiger partial charge in [-0.15, -0.1) is 0 Å². The predicted octanol–water partition coefficient (Wildman–Crippen LogP) is 1.96. The molecule has 1 aromatic carbocycles.